The Bertz CT molecular complexity index is 407. The Kier molecular flexibility index (Phi) is 3.64. The Labute approximate surface area is 109 Å². The number of ether oxygens (including phenoxy) is 1. The first-order valence-corrected chi connectivity index (χ1v) is 6.94. The predicted octanol–water partition coefficient (Wildman–Crippen LogP) is 1.94. The fourth-order valence-electron chi connectivity index (χ4n) is 3.25. The molecule has 0 spiro atoms. The Hall–Kier alpha value is -0.900. The number of likely N-dealkylation sites (tertiary alicyclic amines) is 1. The molecule has 0 amide bonds. The molecule has 0 radical (unpaired) electrons. The second-order valence-electron chi connectivity index (χ2n) is 5.32. The van der Waals surface area contributed by atoms with Gasteiger partial charge in [-0.05, 0) is 30.5 Å². The first-order valence-electron chi connectivity index (χ1n) is 6.94. The van der Waals surface area contributed by atoms with E-state index in [9.17, 15) is 0 Å². The molecule has 0 bridgehead atoms. The predicted molar refractivity (Wildman–Crippen MR) is 72.5 cm³/mol. The molecule has 2 aliphatic rings. The molecule has 1 fully saturated rings. The standard InChI is InChI=1S/C15H22N2O/c1-18-13-7-9-17(11-13)15-6-8-16-10-12-4-2-3-5-14(12)15/h2-5,13,15-16H,6-11H2,1H3. The van der Waals surface area contributed by atoms with Crippen molar-refractivity contribution < 1.29 is 4.74 Å². The molecule has 1 aromatic rings. The van der Waals surface area contributed by atoms with Crippen LogP contribution in [0.1, 0.15) is 30.0 Å². The molecule has 3 nitrogen and oxygen atoms in total. The maximum absolute atomic E-state index is 5.49. The summed E-state index contributed by atoms with van der Waals surface area (Å²) in [6, 6.07) is 9.43. The molecule has 98 valence electrons. The van der Waals surface area contributed by atoms with E-state index in [1.807, 2.05) is 7.11 Å². The number of nitrogens with one attached hydrogen (secondary N) is 1. The molecule has 18 heavy (non-hydrogen) atoms. The second-order valence-corrected chi connectivity index (χ2v) is 5.32. The number of hydrogen-bond donors (Lipinski definition) is 1. The molecule has 2 aliphatic heterocycles. The average molecular weight is 246 g/mol. The van der Waals surface area contributed by atoms with E-state index < -0.39 is 0 Å². The largest absolute Gasteiger partial charge is 0.380 e. The SMILES string of the molecule is COC1CCN(C2CCNCc3ccccc32)C1. The summed E-state index contributed by atoms with van der Waals surface area (Å²) >= 11 is 0. The molecule has 1 saturated heterocycles. The summed E-state index contributed by atoms with van der Waals surface area (Å²) in [5, 5.41) is 3.52. The van der Waals surface area contributed by atoms with E-state index in [1.54, 1.807) is 0 Å². The first-order chi connectivity index (χ1) is 8.88. The summed E-state index contributed by atoms with van der Waals surface area (Å²) in [6.07, 6.45) is 2.80. The highest BCUT2D eigenvalue weighted by Crippen LogP contribution is 2.32. The minimum Gasteiger partial charge on any atom is -0.380 e. The van der Waals surface area contributed by atoms with Crippen molar-refractivity contribution in [2.75, 3.05) is 26.7 Å². The van der Waals surface area contributed by atoms with E-state index in [0.717, 1.165) is 26.2 Å². The third kappa shape index (κ3) is 2.30. The number of fused-ring (bicyclic) bond motifs is 1. The lowest BCUT2D eigenvalue weighted by atomic mass is 9.98. The van der Waals surface area contributed by atoms with E-state index >= 15 is 0 Å². The molecule has 2 unspecified atom stereocenters. The molecule has 1 aromatic carbocycles. The van der Waals surface area contributed by atoms with Crippen molar-refractivity contribution in [2.24, 2.45) is 0 Å². The lowest BCUT2D eigenvalue weighted by molar-refractivity contribution is 0.0999. The van der Waals surface area contributed by atoms with Gasteiger partial charge in [0.2, 0.25) is 0 Å². The van der Waals surface area contributed by atoms with Crippen molar-refractivity contribution >= 4 is 0 Å². The van der Waals surface area contributed by atoms with Crippen LogP contribution in [0.15, 0.2) is 24.3 Å². The van der Waals surface area contributed by atoms with E-state index in [-0.39, 0.29) is 0 Å². The minimum atomic E-state index is 0.424. The van der Waals surface area contributed by atoms with Crippen LogP contribution in [-0.2, 0) is 11.3 Å². The Balaban J connectivity index is 1.83. The maximum atomic E-state index is 5.49. The molecule has 2 heterocycles. The van der Waals surface area contributed by atoms with E-state index in [4.69, 9.17) is 4.74 Å². The molecule has 2 atom stereocenters. The highest BCUT2D eigenvalue weighted by atomic mass is 16.5. The van der Waals surface area contributed by atoms with Crippen molar-refractivity contribution in [3.63, 3.8) is 0 Å². The zero-order valence-corrected chi connectivity index (χ0v) is 11.1. The van der Waals surface area contributed by atoms with Gasteiger partial charge in [0, 0.05) is 32.8 Å². The van der Waals surface area contributed by atoms with Crippen molar-refractivity contribution in [1.29, 1.82) is 0 Å². The van der Waals surface area contributed by atoms with Gasteiger partial charge in [0.1, 0.15) is 0 Å². The number of rotatable bonds is 2. The van der Waals surface area contributed by atoms with Gasteiger partial charge in [-0.3, -0.25) is 4.90 Å². The van der Waals surface area contributed by atoms with Crippen LogP contribution >= 0.6 is 0 Å². The van der Waals surface area contributed by atoms with Crippen LogP contribution in [0.25, 0.3) is 0 Å². The fourth-order valence-corrected chi connectivity index (χ4v) is 3.25. The van der Waals surface area contributed by atoms with Crippen molar-refractivity contribution in [3.05, 3.63) is 35.4 Å². The fraction of sp³-hybridized carbons (Fsp3) is 0.600. The summed E-state index contributed by atoms with van der Waals surface area (Å²) < 4.78 is 5.49. The van der Waals surface area contributed by atoms with E-state index in [1.165, 1.54) is 24.0 Å². The van der Waals surface area contributed by atoms with E-state index in [0.29, 0.717) is 12.1 Å². The van der Waals surface area contributed by atoms with Gasteiger partial charge in [-0.25, -0.2) is 0 Å². The molecular weight excluding hydrogens is 224 g/mol. The minimum absolute atomic E-state index is 0.424. The lowest BCUT2D eigenvalue weighted by Crippen LogP contribution is -2.29. The first kappa shape index (κ1) is 12.2. The van der Waals surface area contributed by atoms with Gasteiger partial charge in [-0.15, -0.1) is 0 Å². The molecule has 0 aromatic heterocycles. The molecule has 0 aliphatic carbocycles. The van der Waals surface area contributed by atoms with Gasteiger partial charge < -0.3 is 10.1 Å². The molecule has 1 N–H and O–H groups in total. The Morgan fingerprint density at radius 2 is 2.17 bits per heavy atom. The second kappa shape index (κ2) is 5.39. The van der Waals surface area contributed by atoms with Gasteiger partial charge in [0.05, 0.1) is 6.10 Å². The monoisotopic (exact) mass is 246 g/mol. The number of methoxy groups -OCH3 is 1. The Morgan fingerprint density at radius 3 is 3.00 bits per heavy atom. The van der Waals surface area contributed by atoms with Crippen LogP contribution in [0, 0.1) is 0 Å². The highest BCUT2D eigenvalue weighted by molar-refractivity contribution is 5.31. The molecule has 3 heteroatoms. The highest BCUT2D eigenvalue weighted by Gasteiger charge is 2.30. The van der Waals surface area contributed by atoms with Crippen LogP contribution in [0.5, 0.6) is 0 Å². The third-order valence-electron chi connectivity index (χ3n) is 4.27. The van der Waals surface area contributed by atoms with Crippen molar-refractivity contribution in [2.45, 2.75) is 31.5 Å². The van der Waals surface area contributed by atoms with E-state index in [2.05, 4.69) is 34.5 Å². The zero-order valence-electron chi connectivity index (χ0n) is 11.1. The summed E-state index contributed by atoms with van der Waals surface area (Å²) in [5.41, 5.74) is 2.97. The maximum Gasteiger partial charge on any atom is 0.0710 e. The van der Waals surface area contributed by atoms with Crippen LogP contribution < -0.4 is 5.32 Å². The number of benzene rings is 1. The summed E-state index contributed by atoms with van der Waals surface area (Å²) in [7, 11) is 1.83. The third-order valence-corrected chi connectivity index (χ3v) is 4.27. The summed E-state index contributed by atoms with van der Waals surface area (Å²) in [5.74, 6) is 0. The average Bonchev–Trinajstić information content (AvgIpc) is 2.78. The lowest BCUT2D eigenvalue weighted by Gasteiger charge is -2.28. The van der Waals surface area contributed by atoms with Crippen LogP contribution in [-0.4, -0.2) is 37.7 Å². The van der Waals surface area contributed by atoms with Gasteiger partial charge in [0.25, 0.3) is 0 Å². The quantitative estimate of drug-likeness (QED) is 0.863. The van der Waals surface area contributed by atoms with Crippen molar-refractivity contribution in [3.8, 4) is 0 Å². The van der Waals surface area contributed by atoms with Crippen LogP contribution in [0.3, 0.4) is 0 Å². The summed E-state index contributed by atoms with van der Waals surface area (Å²) in [6.45, 7) is 4.36. The topological polar surface area (TPSA) is 24.5 Å². The van der Waals surface area contributed by atoms with Crippen molar-refractivity contribution in [1.82, 2.24) is 10.2 Å². The van der Waals surface area contributed by atoms with Gasteiger partial charge >= 0.3 is 0 Å². The van der Waals surface area contributed by atoms with Gasteiger partial charge in [-0.1, -0.05) is 24.3 Å². The molecule has 3 rings (SSSR count). The normalized spacial score (nSPS) is 28.9. The van der Waals surface area contributed by atoms with Gasteiger partial charge in [-0.2, -0.15) is 0 Å². The van der Waals surface area contributed by atoms with Crippen LogP contribution in [0.4, 0.5) is 0 Å². The van der Waals surface area contributed by atoms with Gasteiger partial charge in [0.15, 0.2) is 0 Å². The molecule has 0 saturated carbocycles. The zero-order chi connectivity index (χ0) is 12.4. The molecular formula is C15H22N2O. The summed E-state index contributed by atoms with van der Waals surface area (Å²) in [4.78, 5) is 2.60. The Morgan fingerprint density at radius 1 is 1.28 bits per heavy atom. The number of nitrogens with zero attached hydrogens (tertiary/aromatic N) is 1. The number of hydrogen-bond acceptors (Lipinski definition) is 3. The van der Waals surface area contributed by atoms with Crippen LogP contribution in [0.2, 0.25) is 0 Å². The smallest absolute Gasteiger partial charge is 0.0710 e.